The van der Waals surface area contributed by atoms with Crippen molar-refractivity contribution in [3.63, 3.8) is 0 Å². The van der Waals surface area contributed by atoms with E-state index >= 15 is 0 Å². The maximum atomic E-state index is 6.52. The largest absolute Gasteiger partial charge is 0.456 e. The second-order valence-electron chi connectivity index (χ2n) is 13.7. The summed E-state index contributed by atoms with van der Waals surface area (Å²) in [5, 5.41) is 9.73. The van der Waals surface area contributed by atoms with E-state index in [4.69, 9.17) is 4.42 Å². The summed E-state index contributed by atoms with van der Waals surface area (Å²) in [6.07, 6.45) is 0. The molecule has 0 aliphatic carbocycles. The fourth-order valence-electron chi connectivity index (χ4n) is 8.01. The molecule has 0 saturated heterocycles. The van der Waals surface area contributed by atoms with Crippen LogP contribution in [0.5, 0.6) is 0 Å². The Hall–Kier alpha value is -6.68. The predicted molar refractivity (Wildman–Crippen MR) is 227 cm³/mol. The first kappa shape index (κ1) is 30.0. The van der Waals surface area contributed by atoms with Crippen molar-refractivity contribution in [2.45, 2.75) is 0 Å². The molecular formula is C50H31NOS. The van der Waals surface area contributed by atoms with Gasteiger partial charge in [0.15, 0.2) is 0 Å². The second kappa shape index (κ2) is 11.9. The molecule has 0 amide bonds. The molecule has 0 atom stereocenters. The van der Waals surface area contributed by atoms with Crippen molar-refractivity contribution in [2.75, 3.05) is 4.90 Å². The Bertz CT molecular complexity index is 3170. The molecule has 0 aliphatic heterocycles. The molecule has 53 heavy (non-hydrogen) atoms. The van der Waals surface area contributed by atoms with Crippen LogP contribution in [0, 0.1) is 0 Å². The Morgan fingerprint density at radius 1 is 0.340 bits per heavy atom. The van der Waals surface area contributed by atoms with E-state index < -0.39 is 0 Å². The zero-order chi connectivity index (χ0) is 34.9. The first-order chi connectivity index (χ1) is 26.2. The summed E-state index contributed by atoms with van der Waals surface area (Å²) >= 11 is 1.85. The molecule has 0 bridgehead atoms. The Morgan fingerprint density at radius 2 is 0.962 bits per heavy atom. The number of benzene rings is 9. The van der Waals surface area contributed by atoms with Crippen molar-refractivity contribution in [2.24, 2.45) is 0 Å². The fourth-order valence-corrected chi connectivity index (χ4v) is 9.14. The van der Waals surface area contributed by atoms with Gasteiger partial charge in [0, 0.05) is 48.0 Å². The van der Waals surface area contributed by atoms with Gasteiger partial charge in [-0.1, -0.05) is 121 Å². The zero-order valence-corrected chi connectivity index (χ0v) is 29.5. The number of fused-ring (bicyclic) bond motifs is 9. The van der Waals surface area contributed by atoms with Crippen LogP contribution in [-0.4, -0.2) is 0 Å². The summed E-state index contributed by atoms with van der Waals surface area (Å²) in [6.45, 7) is 0. The zero-order valence-electron chi connectivity index (χ0n) is 28.7. The minimum Gasteiger partial charge on any atom is -0.456 e. The average molecular weight is 694 g/mol. The number of nitrogens with zero attached hydrogens (tertiary/aromatic N) is 1. The van der Waals surface area contributed by atoms with Gasteiger partial charge in [0.05, 0.1) is 0 Å². The normalized spacial score (nSPS) is 11.8. The average Bonchev–Trinajstić information content (AvgIpc) is 3.79. The van der Waals surface area contributed by atoms with E-state index in [2.05, 4.69) is 193 Å². The van der Waals surface area contributed by atoms with Crippen molar-refractivity contribution in [3.8, 4) is 22.3 Å². The van der Waals surface area contributed by atoms with Gasteiger partial charge in [-0.25, -0.2) is 0 Å². The van der Waals surface area contributed by atoms with E-state index in [0.717, 1.165) is 39.0 Å². The number of furan rings is 1. The quantitative estimate of drug-likeness (QED) is 0.178. The molecule has 2 aromatic heterocycles. The number of anilines is 3. The first-order valence-electron chi connectivity index (χ1n) is 18.0. The lowest BCUT2D eigenvalue weighted by molar-refractivity contribution is 0.669. The smallest absolute Gasteiger partial charge is 0.136 e. The van der Waals surface area contributed by atoms with Crippen LogP contribution in [0.2, 0.25) is 0 Å². The van der Waals surface area contributed by atoms with Crippen LogP contribution in [-0.2, 0) is 0 Å². The summed E-state index contributed by atoms with van der Waals surface area (Å²) in [6, 6.07) is 68.1. The maximum absolute atomic E-state index is 6.52. The van der Waals surface area contributed by atoms with E-state index in [1.807, 2.05) is 11.3 Å². The Kier molecular flexibility index (Phi) is 6.76. The topological polar surface area (TPSA) is 16.4 Å². The molecule has 2 heterocycles. The van der Waals surface area contributed by atoms with Gasteiger partial charge in [-0.05, 0) is 111 Å². The Labute approximate surface area is 310 Å². The van der Waals surface area contributed by atoms with E-state index in [0.29, 0.717) is 0 Å². The van der Waals surface area contributed by atoms with Crippen molar-refractivity contribution in [3.05, 3.63) is 188 Å². The van der Waals surface area contributed by atoms with Gasteiger partial charge in [-0.15, -0.1) is 11.3 Å². The summed E-state index contributed by atoms with van der Waals surface area (Å²) in [4.78, 5) is 2.38. The summed E-state index contributed by atoms with van der Waals surface area (Å²) in [5.74, 6) is 0. The molecule has 9 aromatic carbocycles. The molecule has 0 unspecified atom stereocenters. The van der Waals surface area contributed by atoms with Crippen LogP contribution in [0.3, 0.4) is 0 Å². The third-order valence-electron chi connectivity index (χ3n) is 10.6. The Morgan fingerprint density at radius 3 is 1.85 bits per heavy atom. The lowest BCUT2D eigenvalue weighted by Gasteiger charge is -2.26. The van der Waals surface area contributed by atoms with E-state index in [1.165, 1.54) is 64.0 Å². The number of thiophene rings is 1. The molecule has 0 spiro atoms. The van der Waals surface area contributed by atoms with Crippen molar-refractivity contribution in [1.29, 1.82) is 0 Å². The third-order valence-corrected chi connectivity index (χ3v) is 11.8. The lowest BCUT2D eigenvalue weighted by atomic mass is 9.98. The second-order valence-corrected chi connectivity index (χ2v) is 14.8. The van der Waals surface area contributed by atoms with Crippen LogP contribution in [0.15, 0.2) is 192 Å². The summed E-state index contributed by atoms with van der Waals surface area (Å²) in [7, 11) is 0. The highest BCUT2D eigenvalue weighted by molar-refractivity contribution is 7.25. The highest BCUT2D eigenvalue weighted by Crippen LogP contribution is 2.44. The van der Waals surface area contributed by atoms with Crippen molar-refractivity contribution < 1.29 is 4.42 Å². The minimum atomic E-state index is 0.882. The van der Waals surface area contributed by atoms with Crippen LogP contribution in [0.1, 0.15) is 0 Å². The van der Waals surface area contributed by atoms with Gasteiger partial charge in [0.2, 0.25) is 0 Å². The molecule has 11 rings (SSSR count). The molecule has 248 valence electrons. The minimum absolute atomic E-state index is 0.882. The monoisotopic (exact) mass is 693 g/mol. The first-order valence-corrected chi connectivity index (χ1v) is 18.8. The van der Waals surface area contributed by atoms with Gasteiger partial charge in [0.1, 0.15) is 11.2 Å². The Balaban J connectivity index is 1.10. The van der Waals surface area contributed by atoms with E-state index in [-0.39, 0.29) is 0 Å². The SMILES string of the molecule is c1ccc(-c2ccc3ccc4oc5ccc(N(c6ccc(-c7ccc8ccccc8c7)cc6)c6ccc7c(c6)sc6ccccc67)cc5c4c3c2)cc1. The van der Waals surface area contributed by atoms with Gasteiger partial charge in [-0.3, -0.25) is 0 Å². The molecule has 0 saturated carbocycles. The molecular weight excluding hydrogens is 663 g/mol. The molecule has 2 nitrogen and oxygen atoms in total. The molecule has 0 radical (unpaired) electrons. The molecule has 11 aromatic rings. The predicted octanol–water partition coefficient (Wildman–Crippen LogP) is 15.1. The van der Waals surface area contributed by atoms with Crippen LogP contribution in [0.4, 0.5) is 17.1 Å². The van der Waals surface area contributed by atoms with Crippen LogP contribution in [0.25, 0.3) is 85.9 Å². The maximum Gasteiger partial charge on any atom is 0.136 e. The standard InChI is InChI=1S/C50H31NOS/c1-2-8-32(9-3-1)38-17-15-35-20-26-47-50(44(35)29-38)45-30-40(24-27-46(45)52-47)51(41-23-25-43-42-12-6-7-13-48(42)53-49(43)31-41)39-21-18-34(19-22-39)37-16-14-33-10-4-5-11-36(33)28-37/h1-31H. The van der Waals surface area contributed by atoms with Gasteiger partial charge >= 0.3 is 0 Å². The van der Waals surface area contributed by atoms with E-state index in [9.17, 15) is 0 Å². The van der Waals surface area contributed by atoms with Gasteiger partial charge in [-0.2, -0.15) is 0 Å². The summed E-state index contributed by atoms with van der Waals surface area (Å²) < 4.78 is 9.10. The lowest BCUT2D eigenvalue weighted by Crippen LogP contribution is -2.09. The molecule has 3 heteroatoms. The van der Waals surface area contributed by atoms with Crippen LogP contribution >= 0.6 is 11.3 Å². The van der Waals surface area contributed by atoms with Gasteiger partial charge in [0.25, 0.3) is 0 Å². The van der Waals surface area contributed by atoms with Crippen molar-refractivity contribution in [1.82, 2.24) is 0 Å². The molecule has 0 N–H and O–H groups in total. The molecule has 0 aliphatic rings. The van der Waals surface area contributed by atoms with Crippen LogP contribution < -0.4 is 4.90 Å². The molecule has 0 fully saturated rings. The van der Waals surface area contributed by atoms with Gasteiger partial charge < -0.3 is 9.32 Å². The fraction of sp³-hybridized carbons (Fsp3) is 0. The number of hydrogen-bond donors (Lipinski definition) is 0. The third kappa shape index (κ3) is 5.01. The number of rotatable bonds is 5. The number of hydrogen-bond acceptors (Lipinski definition) is 3. The highest BCUT2D eigenvalue weighted by atomic mass is 32.1. The van der Waals surface area contributed by atoms with E-state index in [1.54, 1.807) is 0 Å². The summed E-state index contributed by atoms with van der Waals surface area (Å²) in [5.41, 5.74) is 9.87. The highest BCUT2D eigenvalue weighted by Gasteiger charge is 2.19. The van der Waals surface area contributed by atoms with Crippen molar-refractivity contribution >= 4 is 92.1 Å².